The Morgan fingerprint density at radius 2 is 1.64 bits per heavy atom. The van der Waals surface area contributed by atoms with Gasteiger partial charge in [-0.25, -0.2) is 14.4 Å². The lowest BCUT2D eigenvalue weighted by Gasteiger charge is -2.21. The van der Waals surface area contributed by atoms with Crippen LogP contribution in [-0.2, 0) is 30.2 Å². The normalized spacial score (nSPS) is 14.3. The first-order valence-electron chi connectivity index (χ1n) is 9.90. The molecule has 0 radical (unpaired) electrons. The maximum Gasteiger partial charge on any atom is 0.408 e. The number of carbonyl (C=O) groups is 3. The smallest absolute Gasteiger partial charge is 0.408 e. The molecular weight excluding hydrogens is 453 g/mol. The number of hydrogen-bond donors (Lipinski definition) is 3. The molecule has 3 N–H and O–H groups in total. The van der Waals surface area contributed by atoms with E-state index in [1.165, 1.54) is 31.4 Å². The number of aliphatic hydroxyl groups excluding tert-OH is 1. The summed E-state index contributed by atoms with van der Waals surface area (Å²) < 4.78 is 27.0. The van der Waals surface area contributed by atoms with E-state index in [1.807, 2.05) is 6.07 Å². The maximum atomic E-state index is 12.7. The quantitative estimate of drug-likeness (QED) is 0.266. The Kier molecular flexibility index (Phi) is 9.59. The van der Waals surface area contributed by atoms with Gasteiger partial charge in [0.05, 0.1) is 19.8 Å². The van der Waals surface area contributed by atoms with E-state index in [9.17, 15) is 28.9 Å². The van der Waals surface area contributed by atoms with Crippen LogP contribution >= 0.6 is 7.37 Å². The Balaban J connectivity index is 1.98. The molecule has 0 aromatic heterocycles. The number of ether oxygens (including phenoxy) is 3. The molecule has 2 rings (SSSR count). The van der Waals surface area contributed by atoms with Crippen LogP contribution in [0.15, 0.2) is 54.6 Å². The Morgan fingerprint density at radius 1 is 1.00 bits per heavy atom. The number of esters is 2. The Hall–Kier alpha value is -3.20. The van der Waals surface area contributed by atoms with Gasteiger partial charge in [0.1, 0.15) is 12.6 Å². The molecule has 0 fully saturated rings. The summed E-state index contributed by atoms with van der Waals surface area (Å²) in [6.07, 6.45) is -1.68. The van der Waals surface area contributed by atoms with E-state index in [0.717, 1.165) is 12.7 Å². The lowest BCUT2D eigenvalue weighted by atomic mass is 10.1. The second-order valence-electron chi connectivity index (χ2n) is 7.04. The number of rotatable bonds is 10. The number of benzene rings is 2. The standard InChI is InChI=1S/C22H26NO9P/c1-30-19(24)16-8-10-17(11-9-16)21(26)33(28,29)13-12-18(20(25)31-2)23-22(27)32-14-15-6-4-3-5-7-15/h3-11,18,21,26H,12-14H2,1-2H3,(H,23,27)(H,28,29)/t18-,21?/m0/s1. The fraction of sp³-hybridized carbons (Fsp3) is 0.318. The van der Waals surface area contributed by atoms with Gasteiger partial charge in [0, 0.05) is 6.16 Å². The number of nitrogens with one attached hydrogen (secondary N) is 1. The van der Waals surface area contributed by atoms with Gasteiger partial charge >= 0.3 is 18.0 Å². The van der Waals surface area contributed by atoms with E-state index in [2.05, 4.69) is 14.8 Å². The molecule has 2 aromatic rings. The predicted molar refractivity (Wildman–Crippen MR) is 118 cm³/mol. The van der Waals surface area contributed by atoms with Crippen molar-refractivity contribution in [3.63, 3.8) is 0 Å². The highest BCUT2D eigenvalue weighted by atomic mass is 31.2. The molecular formula is C22H26NO9P. The molecule has 11 heteroatoms. The third-order valence-electron chi connectivity index (χ3n) is 4.74. The van der Waals surface area contributed by atoms with E-state index in [1.54, 1.807) is 24.3 Å². The van der Waals surface area contributed by atoms with Gasteiger partial charge in [-0.05, 0) is 29.7 Å². The van der Waals surface area contributed by atoms with Crippen molar-refractivity contribution in [1.82, 2.24) is 5.32 Å². The molecule has 0 bridgehead atoms. The number of hydrogen-bond acceptors (Lipinski definition) is 8. The van der Waals surface area contributed by atoms with E-state index >= 15 is 0 Å². The van der Waals surface area contributed by atoms with Crippen LogP contribution in [0.1, 0.15) is 33.8 Å². The number of alkyl carbamates (subject to hydrolysis) is 1. The highest BCUT2D eigenvalue weighted by Crippen LogP contribution is 2.54. The number of aliphatic hydroxyl groups is 1. The van der Waals surface area contributed by atoms with Gasteiger partial charge < -0.3 is 29.5 Å². The molecule has 0 aliphatic rings. The van der Waals surface area contributed by atoms with E-state index in [0.29, 0.717) is 0 Å². The zero-order valence-corrected chi connectivity index (χ0v) is 19.1. The van der Waals surface area contributed by atoms with E-state index in [4.69, 9.17) is 4.74 Å². The van der Waals surface area contributed by atoms with Gasteiger partial charge in [0.25, 0.3) is 0 Å². The van der Waals surface area contributed by atoms with Crippen molar-refractivity contribution in [1.29, 1.82) is 0 Å². The molecule has 0 heterocycles. The van der Waals surface area contributed by atoms with Gasteiger partial charge in [-0.1, -0.05) is 42.5 Å². The fourth-order valence-corrected chi connectivity index (χ4v) is 4.39. The van der Waals surface area contributed by atoms with Crippen molar-refractivity contribution in [2.24, 2.45) is 0 Å². The molecule has 0 saturated heterocycles. The Bertz CT molecular complexity index is 995. The minimum Gasteiger partial charge on any atom is -0.467 e. The van der Waals surface area contributed by atoms with Crippen LogP contribution in [0.4, 0.5) is 4.79 Å². The molecule has 10 nitrogen and oxygen atoms in total. The Labute approximate surface area is 190 Å². The van der Waals surface area contributed by atoms with Crippen molar-refractivity contribution < 1.29 is 43.2 Å². The summed E-state index contributed by atoms with van der Waals surface area (Å²) in [6.45, 7) is -0.0284. The van der Waals surface area contributed by atoms with Gasteiger partial charge in [-0.2, -0.15) is 0 Å². The van der Waals surface area contributed by atoms with Crippen molar-refractivity contribution in [3.05, 3.63) is 71.3 Å². The fourth-order valence-electron chi connectivity index (χ4n) is 2.88. The van der Waals surface area contributed by atoms with Crippen molar-refractivity contribution in [2.45, 2.75) is 24.9 Å². The minimum absolute atomic E-state index is 0.0284. The molecule has 2 unspecified atom stereocenters. The average molecular weight is 479 g/mol. The zero-order chi connectivity index (χ0) is 24.4. The zero-order valence-electron chi connectivity index (χ0n) is 18.2. The van der Waals surface area contributed by atoms with E-state index < -0.39 is 43.4 Å². The van der Waals surface area contributed by atoms with Gasteiger partial charge in [-0.15, -0.1) is 0 Å². The third-order valence-corrected chi connectivity index (χ3v) is 6.70. The Morgan fingerprint density at radius 3 is 2.21 bits per heavy atom. The van der Waals surface area contributed by atoms with Crippen LogP contribution in [-0.4, -0.2) is 54.5 Å². The van der Waals surface area contributed by atoms with Crippen LogP contribution in [0.25, 0.3) is 0 Å². The first-order chi connectivity index (χ1) is 15.7. The molecule has 0 spiro atoms. The van der Waals surface area contributed by atoms with Gasteiger partial charge in [0.2, 0.25) is 7.37 Å². The highest BCUT2D eigenvalue weighted by Gasteiger charge is 2.33. The molecule has 0 aliphatic carbocycles. The van der Waals surface area contributed by atoms with Crippen molar-refractivity contribution in [3.8, 4) is 0 Å². The lowest BCUT2D eigenvalue weighted by molar-refractivity contribution is -0.143. The minimum atomic E-state index is -4.22. The number of methoxy groups -OCH3 is 2. The van der Waals surface area contributed by atoms with Crippen LogP contribution < -0.4 is 5.32 Å². The molecule has 33 heavy (non-hydrogen) atoms. The highest BCUT2D eigenvalue weighted by molar-refractivity contribution is 7.58. The summed E-state index contributed by atoms with van der Waals surface area (Å²) in [4.78, 5) is 46.0. The van der Waals surface area contributed by atoms with Crippen molar-refractivity contribution in [2.75, 3.05) is 20.4 Å². The van der Waals surface area contributed by atoms with Crippen molar-refractivity contribution >= 4 is 25.4 Å². The van der Waals surface area contributed by atoms with Crippen LogP contribution in [0.5, 0.6) is 0 Å². The monoisotopic (exact) mass is 479 g/mol. The van der Waals surface area contributed by atoms with Gasteiger partial charge in [0.15, 0.2) is 5.85 Å². The summed E-state index contributed by atoms with van der Waals surface area (Å²) in [5.41, 5.74) is 1.06. The molecule has 3 atom stereocenters. The molecule has 178 valence electrons. The first-order valence-corrected chi connectivity index (χ1v) is 11.8. The summed E-state index contributed by atoms with van der Waals surface area (Å²) >= 11 is 0. The molecule has 1 amide bonds. The summed E-state index contributed by atoms with van der Waals surface area (Å²) in [5.74, 6) is -3.18. The number of carbonyl (C=O) groups excluding carboxylic acids is 3. The second kappa shape index (κ2) is 12.2. The summed E-state index contributed by atoms with van der Waals surface area (Å²) in [5, 5.41) is 12.7. The predicted octanol–water partition coefficient (Wildman–Crippen LogP) is 2.59. The largest absolute Gasteiger partial charge is 0.467 e. The van der Waals surface area contributed by atoms with Crippen LogP contribution in [0.2, 0.25) is 0 Å². The lowest BCUT2D eigenvalue weighted by Crippen LogP contribution is -2.42. The number of amides is 1. The first kappa shape index (κ1) is 26.1. The average Bonchev–Trinajstić information content (AvgIpc) is 2.84. The summed E-state index contributed by atoms with van der Waals surface area (Å²) in [7, 11) is -1.89. The molecule has 0 saturated carbocycles. The third kappa shape index (κ3) is 7.71. The van der Waals surface area contributed by atoms with Gasteiger partial charge in [-0.3, -0.25) is 4.57 Å². The topological polar surface area (TPSA) is 148 Å². The molecule has 2 aromatic carbocycles. The maximum absolute atomic E-state index is 12.7. The van der Waals surface area contributed by atoms with Crippen LogP contribution in [0.3, 0.4) is 0 Å². The summed E-state index contributed by atoms with van der Waals surface area (Å²) in [6, 6.07) is 13.0. The SMILES string of the molecule is COC(=O)c1ccc(C(O)P(=O)(O)CC[C@H](NC(=O)OCc2ccccc2)C(=O)OC)cc1. The second-order valence-corrected chi connectivity index (χ2v) is 9.48. The van der Waals surface area contributed by atoms with E-state index in [-0.39, 0.29) is 24.2 Å². The molecule has 0 aliphatic heterocycles. The van der Waals surface area contributed by atoms with Crippen LogP contribution in [0, 0.1) is 0 Å².